The third-order valence-corrected chi connectivity index (χ3v) is 2.31. The zero-order valence-corrected chi connectivity index (χ0v) is 14.6. The molecule has 0 N–H and O–H groups in total. The molecule has 2 aromatic rings. The van der Waals surface area contributed by atoms with Gasteiger partial charge in [0.15, 0.2) is 0 Å². The van der Waals surface area contributed by atoms with Crippen LogP contribution in [0.1, 0.15) is 11.1 Å². The molecule has 0 atom stereocenters. The molecule has 19 heavy (non-hydrogen) atoms. The number of hydrogen-bond acceptors (Lipinski definition) is 2. The van der Waals surface area contributed by atoms with Crippen molar-refractivity contribution in [3.63, 3.8) is 0 Å². The van der Waals surface area contributed by atoms with Gasteiger partial charge in [-0.1, -0.05) is 71.8 Å². The summed E-state index contributed by atoms with van der Waals surface area (Å²) in [7, 11) is 0. The van der Waals surface area contributed by atoms with Gasteiger partial charge in [-0.05, 0) is 0 Å². The second-order valence-electron chi connectivity index (χ2n) is 3.35. The van der Waals surface area contributed by atoms with Crippen molar-refractivity contribution in [2.75, 3.05) is 0 Å². The van der Waals surface area contributed by atoms with Crippen molar-refractivity contribution in [2.45, 2.75) is 5.79 Å². The molecule has 0 unspecified atom stereocenters. The molecule has 92 valence electrons. The molecule has 0 spiro atoms. The molecule has 0 aliphatic rings. The van der Waals surface area contributed by atoms with E-state index in [1.54, 1.807) is 60.7 Å². The molecule has 0 saturated carbocycles. The number of rotatable bonds is 2. The van der Waals surface area contributed by atoms with E-state index in [2.05, 4.69) is 0 Å². The van der Waals surface area contributed by atoms with Crippen LogP contribution in [0.3, 0.4) is 0 Å². The van der Waals surface area contributed by atoms with Crippen LogP contribution in [0.5, 0.6) is 0 Å². The molecular formula is C13H10Cl2Mg2O2. The summed E-state index contributed by atoms with van der Waals surface area (Å²) in [5, 5.41) is 23.9. The molecule has 0 heterocycles. The van der Waals surface area contributed by atoms with E-state index in [1.807, 2.05) is 0 Å². The first-order chi connectivity index (χ1) is 7.21. The van der Waals surface area contributed by atoms with Gasteiger partial charge in [0.2, 0.25) is 0 Å². The van der Waals surface area contributed by atoms with Crippen LogP contribution >= 0.6 is 0 Å². The molecule has 0 aliphatic heterocycles. The van der Waals surface area contributed by atoms with Crippen molar-refractivity contribution < 1.29 is 35.0 Å². The van der Waals surface area contributed by atoms with Gasteiger partial charge < -0.3 is 35.0 Å². The molecule has 0 fully saturated rings. The van der Waals surface area contributed by atoms with Crippen LogP contribution in [0.4, 0.5) is 0 Å². The largest absolute Gasteiger partial charge is 2.00 e. The minimum absolute atomic E-state index is 0. The zero-order valence-electron chi connectivity index (χ0n) is 10.3. The molecule has 0 saturated heterocycles. The van der Waals surface area contributed by atoms with E-state index in [-0.39, 0.29) is 82.0 Å². The van der Waals surface area contributed by atoms with Crippen LogP contribution < -0.4 is 35.0 Å². The van der Waals surface area contributed by atoms with Crippen molar-refractivity contribution >= 4 is 46.1 Å². The van der Waals surface area contributed by atoms with Crippen LogP contribution in [0.2, 0.25) is 0 Å². The van der Waals surface area contributed by atoms with Crippen LogP contribution in [0, 0.1) is 0 Å². The Morgan fingerprint density at radius 1 is 0.579 bits per heavy atom. The van der Waals surface area contributed by atoms with Crippen LogP contribution in [-0.4, -0.2) is 46.1 Å². The fourth-order valence-corrected chi connectivity index (χ4v) is 1.48. The predicted molar refractivity (Wildman–Crippen MR) is 65.2 cm³/mol. The van der Waals surface area contributed by atoms with Gasteiger partial charge in [0.25, 0.3) is 0 Å². The SMILES string of the molecule is [Cl-].[Cl-].[Mg+2].[Mg+2].[O-]C([O-])(c1ccccc1)c1ccccc1. The molecule has 2 rings (SSSR count). The van der Waals surface area contributed by atoms with Gasteiger partial charge in [-0.2, -0.15) is 5.79 Å². The first-order valence-electron chi connectivity index (χ1n) is 4.73. The Kier molecular flexibility index (Phi) is 14.4. The molecule has 6 heteroatoms. The van der Waals surface area contributed by atoms with Gasteiger partial charge in [0.05, 0.1) is 0 Å². The van der Waals surface area contributed by atoms with E-state index >= 15 is 0 Å². The second-order valence-corrected chi connectivity index (χ2v) is 3.35. The zero-order chi connectivity index (χ0) is 10.7. The Hall–Kier alpha value is 0.472. The van der Waals surface area contributed by atoms with Crippen molar-refractivity contribution in [3.8, 4) is 0 Å². The fraction of sp³-hybridized carbons (Fsp3) is 0.0769. The van der Waals surface area contributed by atoms with Crippen molar-refractivity contribution in [1.29, 1.82) is 0 Å². The summed E-state index contributed by atoms with van der Waals surface area (Å²) in [6, 6.07) is 16.6. The van der Waals surface area contributed by atoms with E-state index in [0.717, 1.165) is 0 Å². The van der Waals surface area contributed by atoms with Gasteiger partial charge in [0.1, 0.15) is 0 Å². The molecule has 0 aliphatic carbocycles. The Morgan fingerprint density at radius 2 is 0.842 bits per heavy atom. The number of benzene rings is 2. The Labute approximate surface area is 157 Å². The Morgan fingerprint density at radius 3 is 1.11 bits per heavy atom. The Bertz CT molecular complexity index is 397. The first-order valence-corrected chi connectivity index (χ1v) is 4.73. The number of hydrogen-bond donors (Lipinski definition) is 0. The molecule has 0 bridgehead atoms. The van der Waals surface area contributed by atoms with Gasteiger partial charge in [-0.25, -0.2) is 0 Å². The molecule has 2 aromatic carbocycles. The molecule has 2 nitrogen and oxygen atoms in total. The standard InChI is InChI=1S/C13H10O2.2ClH.2Mg/c14-13(15,11-7-3-1-4-8-11)12-9-5-2-6-10-12;;;;/h1-10H;2*1H;;/q-2;;;2*+2/p-2. The maximum atomic E-state index is 12.0. The third-order valence-electron chi connectivity index (χ3n) is 2.31. The monoisotopic (exact) mass is 316 g/mol. The van der Waals surface area contributed by atoms with E-state index in [0.29, 0.717) is 0 Å². The summed E-state index contributed by atoms with van der Waals surface area (Å²) >= 11 is 0. The summed E-state index contributed by atoms with van der Waals surface area (Å²) in [6.07, 6.45) is 0. The summed E-state index contributed by atoms with van der Waals surface area (Å²) in [4.78, 5) is 0. The predicted octanol–water partition coefficient (Wildman–Crippen LogP) is -6.15. The first kappa shape index (κ1) is 24.5. The molecule has 0 radical (unpaired) electrons. The average molecular weight is 318 g/mol. The Balaban J connectivity index is -0.000000640. The smallest absolute Gasteiger partial charge is 1.00 e. The second kappa shape index (κ2) is 11.2. The third kappa shape index (κ3) is 6.18. The molecule has 0 amide bonds. The van der Waals surface area contributed by atoms with Crippen LogP contribution in [0.25, 0.3) is 0 Å². The summed E-state index contributed by atoms with van der Waals surface area (Å²) < 4.78 is 0. The quantitative estimate of drug-likeness (QED) is 0.409. The van der Waals surface area contributed by atoms with Gasteiger partial charge in [-0.15, -0.1) is 0 Å². The van der Waals surface area contributed by atoms with Crippen molar-refractivity contribution in [2.24, 2.45) is 0 Å². The maximum Gasteiger partial charge on any atom is 2.00 e. The van der Waals surface area contributed by atoms with E-state index in [9.17, 15) is 10.2 Å². The van der Waals surface area contributed by atoms with E-state index in [1.165, 1.54) is 0 Å². The van der Waals surface area contributed by atoms with Gasteiger partial charge >= 0.3 is 46.1 Å². The fourth-order valence-electron chi connectivity index (χ4n) is 1.48. The molecular weight excluding hydrogens is 308 g/mol. The van der Waals surface area contributed by atoms with E-state index < -0.39 is 5.79 Å². The topological polar surface area (TPSA) is 46.1 Å². The van der Waals surface area contributed by atoms with Gasteiger partial charge in [0, 0.05) is 0 Å². The summed E-state index contributed by atoms with van der Waals surface area (Å²) in [5.74, 6) is -2.41. The van der Waals surface area contributed by atoms with Gasteiger partial charge in [-0.3, -0.25) is 0 Å². The minimum atomic E-state index is -2.41. The minimum Gasteiger partial charge on any atom is -1.00 e. The van der Waals surface area contributed by atoms with E-state index in [4.69, 9.17) is 0 Å². The summed E-state index contributed by atoms with van der Waals surface area (Å²) in [5.41, 5.74) is 0.493. The van der Waals surface area contributed by atoms with Crippen molar-refractivity contribution in [3.05, 3.63) is 71.8 Å². The van der Waals surface area contributed by atoms with Crippen molar-refractivity contribution in [1.82, 2.24) is 0 Å². The maximum absolute atomic E-state index is 12.0. The normalized spacial score (nSPS) is 8.95. The van der Waals surface area contributed by atoms with Crippen LogP contribution in [-0.2, 0) is 5.79 Å². The molecule has 0 aromatic heterocycles. The van der Waals surface area contributed by atoms with Crippen LogP contribution in [0.15, 0.2) is 60.7 Å². The number of halogens is 2. The summed E-state index contributed by atoms with van der Waals surface area (Å²) in [6.45, 7) is 0. The average Bonchev–Trinajstić information content (AvgIpc) is 2.31.